The van der Waals surface area contributed by atoms with Gasteiger partial charge in [0.1, 0.15) is 0 Å². The van der Waals surface area contributed by atoms with Crippen molar-refractivity contribution in [2.45, 2.75) is 85.8 Å². The van der Waals surface area contributed by atoms with Crippen molar-refractivity contribution in [2.24, 2.45) is 23.2 Å². The molecular formula is C34H40O2S. The molecule has 0 radical (unpaired) electrons. The standard InChI is InChI=1S/C23H25S.C11H16O2/c1-2-3-6-11-20-16-18-23(19-17-20)24(21-12-7-4-8-13-21)22-14-9-5-10-15-22;12-10(13)11-4-7-1-8(5-11)3-9(2-7)6-11/h4-5,7-10,12-19H,2-3,6,11H2,1H3;7-9H,1-6H2,(H,12,13)/q+1;/p-1. The number of aliphatic carboxylic acids is 1. The molecule has 4 saturated carbocycles. The fourth-order valence-electron chi connectivity index (χ4n) is 7.25. The van der Waals surface area contributed by atoms with Crippen LogP contribution in [0.3, 0.4) is 0 Å². The summed E-state index contributed by atoms with van der Waals surface area (Å²) in [7, 11) is -0.0302. The quantitative estimate of drug-likeness (QED) is 0.232. The molecule has 3 aromatic rings. The van der Waals surface area contributed by atoms with E-state index in [2.05, 4.69) is 91.9 Å². The molecule has 4 fully saturated rings. The molecule has 0 N–H and O–H groups in total. The van der Waals surface area contributed by atoms with Crippen LogP contribution >= 0.6 is 0 Å². The first kappa shape index (κ1) is 26.1. The van der Waals surface area contributed by atoms with Crippen LogP contribution in [0.2, 0.25) is 0 Å². The van der Waals surface area contributed by atoms with Crippen LogP contribution in [-0.2, 0) is 22.1 Å². The molecule has 194 valence electrons. The Balaban J connectivity index is 0.000000179. The predicted octanol–water partition coefficient (Wildman–Crippen LogP) is 7.47. The predicted molar refractivity (Wildman–Crippen MR) is 150 cm³/mol. The van der Waals surface area contributed by atoms with E-state index in [4.69, 9.17) is 0 Å². The van der Waals surface area contributed by atoms with Gasteiger partial charge in [-0.05, 0) is 111 Å². The van der Waals surface area contributed by atoms with E-state index in [1.165, 1.54) is 65.2 Å². The molecule has 0 atom stereocenters. The number of hydrogen-bond donors (Lipinski definition) is 0. The minimum atomic E-state index is -0.758. The van der Waals surface area contributed by atoms with Gasteiger partial charge in [-0.15, -0.1) is 0 Å². The molecule has 7 rings (SSSR count). The summed E-state index contributed by atoms with van der Waals surface area (Å²) in [6.07, 6.45) is 11.7. The van der Waals surface area contributed by atoms with Crippen molar-refractivity contribution in [3.8, 4) is 0 Å². The highest BCUT2D eigenvalue weighted by atomic mass is 32.2. The largest absolute Gasteiger partial charge is 0.550 e. The van der Waals surface area contributed by atoms with E-state index in [-0.39, 0.29) is 10.9 Å². The molecule has 0 spiro atoms. The van der Waals surface area contributed by atoms with Gasteiger partial charge < -0.3 is 9.90 Å². The van der Waals surface area contributed by atoms with Gasteiger partial charge in [-0.2, -0.15) is 0 Å². The lowest BCUT2D eigenvalue weighted by Crippen LogP contribution is -2.54. The lowest BCUT2D eigenvalue weighted by molar-refractivity contribution is -0.327. The summed E-state index contributed by atoms with van der Waals surface area (Å²) >= 11 is 0. The molecule has 0 heterocycles. The van der Waals surface area contributed by atoms with E-state index in [1.54, 1.807) is 0 Å². The smallest absolute Gasteiger partial charge is 0.166 e. The van der Waals surface area contributed by atoms with Gasteiger partial charge in [-0.3, -0.25) is 0 Å². The van der Waals surface area contributed by atoms with Crippen LogP contribution in [-0.4, -0.2) is 5.97 Å². The highest BCUT2D eigenvalue weighted by molar-refractivity contribution is 7.97. The average Bonchev–Trinajstić information content (AvgIpc) is 2.91. The Labute approximate surface area is 225 Å². The zero-order valence-corrected chi connectivity index (χ0v) is 22.9. The summed E-state index contributed by atoms with van der Waals surface area (Å²) in [5, 5.41) is 11.1. The molecule has 4 aliphatic carbocycles. The summed E-state index contributed by atoms with van der Waals surface area (Å²) in [6.45, 7) is 2.26. The van der Waals surface area contributed by atoms with Crippen LogP contribution in [0.25, 0.3) is 0 Å². The molecule has 4 bridgehead atoms. The first-order chi connectivity index (χ1) is 18.1. The maximum atomic E-state index is 11.1. The van der Waals surface area contributed by atoms with Crippen LogP contribution in [0.4, 0.5) is 0 Å². The summed E-state index contributed by atoms with van der Waals surface area (Å²) in [5.41, 5.74) is 1.06. The van der Waals surface area contributed by atoms with E-state index >= 15 is 0 Å². The molecule has 0 aliphatic heterocycles. The number of hydrogen-bond acceptors (Lipinski definition) is 2. The molecule has 3 aromatic carbocycles. The first-order valence-electron chi connectivity index (χ1n) is 14.2. The number of carboxylic acid groups (broad SMARTS) is 1. The maximum Gasteiger partial charge on any atom is 0.166 e. The number of aryl methyl sites for hydroxylation is 1. The molecule has 3 heteroatoms. The molecule has 0 saturated heterocycles. The Morgan fingerprint density at radius 2 is 1.19 bits per heavy atom. The van der Waals surface area contributed by atoms with Crippen molar-refractivity contribution >= 4 is 16.9 Å². The monoisotopic (exact) mass is 512 g/mol. The normalized spacial score (nSPS) is 25.5. The van der Waals surface area contributed by atoms with Gasteiger partial charge in [0.15, 0.2) is 14.7 Å². The van der Waals surface area contributed by atoms with E-state index in [1.807, 2.05) is 0 Å². The van der Waals surface area contributed by atoms with Crippen LogP contribution in [0, 0.1) is 23.2 Å². The van der Waals surface area contributed by atoms with Crippen LogP contribution in [0.5, 0.6) is 0 Å². The third-order valence-corrected chi connectivity index (χ3v) is 10.9. The minimum absolute atomic E-state index is 0.0302. The third-order valence-electron chi connectivity index (χ3n) is 8.66. The molecule has 0 aromatic heterocycles. The Kier molecular flexibility index (Phi) is 8.39. The van der Waals surface area contributed by atoms with E-state index in [9.17, 15) is 9.90 Å². The van der Waals surface area contributed by atoms with Gasteiger partial charge >= 0.3 is 0 Å². The van der Waals surface area contributed by atoms with E-state index in [0.29, 0.717) is 17.8 Å². The van der Waals surface area contributed by atoms with Gasteiger partial charge in [-0.1, -0.05) is 68.3 Å². The number of carboxylic acids is 1. The molecule has 0 unspecified atom stereocenters. The second-order valence-electron chi connectivity index (χ2n) is 11.5. The second kappa shape index (κ2) is 11.9. The van der Waals surface area contributed by atoms with Crippen LogP contribution in [0.1, 0.15) is 70.3 Å². The summed E-state index contributed by atoms with van der Waals surface area (Å²) < 4.78 is 0. The van der Waals surface area contributed by atoms with Crippen LogP contribution in [0.15, 0.2) is 99.6 Å². The van der Waals surface area contributed by atoms with Gasteiger partial charge in [-0.25, -0.2) is 0 Å². The Hall–Kier alpha value is -2.52. The zero-order valence-electron chi connectivity index (χ0n) is 22.1. The average molecular weight is 513 g/mol. The number of carbonyl (C=O) groups excluding carboxylic acids is 1. The second-order valence-corrected chi connectivity index (χ2v) is 13.5. The number of unbranched alkanes of at least 4 members (excludes halogenated alkanes) is 2. The van der Waals surface area contributed by atoms with E-state index < -0.39 is 11.4 Å². The highest BCUT2D eigenvalue weighted by Crippen LogP contribution is 2.59. The fraction of sp³-hybridized carbons (Fsp3) is 0.441. The Bertz CT molecular complexity index is 1060. The lowest BCUT2D eigenvalue weighted by Gasteiger charge is -2.57. The highest BCUT2D eigenvalue weighted by Gasteiger charge is 2.51. The topological polar surface area (TPSA) is 40.1 Å². The first-order valence-corrected chi connectivity index (χ1v) is 15.4. The fourth-order valence-corrected chi connectivity index (χ4v) is 9.34. The van der Waals surface area contributed by atoms with Gasteiger partial charge in [0.2, 0.25) is 0 Å². The van der Waals surface area contributed by atoms with Crippen molar-refractivity contribution in [3.63, 3.8) is 0 Å². The third kappa shape index (κ3) is 6.14. The molecule has 37 heavy (non-hydrogen) atoms. The lowest BCUT2D eigenvalue weighted by atomic mass is 9.49. The van der Waals surface area contributed by atoms with Crippen molar-refractivity contribution in [2.75, 3.05) is 0 Å². The summed E-state index contributed by atoms with van der Waals surface area (Å²) in [6, 6.07) is 31.0. The Morgan fingerprint density at radius 1 is 0.730 bits per heavy atom. The van der Waals surface area contributed by atoms with Gasteiger partial charge in [0.05, 0.1) is 10.9 Å². The van der Waals surface area contributed by atoms with Gasteiger partial charge in [0.25, 0.3) is 0 Å². The summed E-state index contributed by atoms with van der Waals surface area (Å²) in [5.74, 6) is 1.38. The zero-order chi connectivity index (χ0) is 25.7. The maximum absolute atomic E-state index is 11.1. The van der Waals surface area contributed by atoms with E-state index in [0.717, 1.165) is 19.3 Å². The molecule has 0 amide bonds. The van der Waals surface area contributed by atoms with Crippen molar-refractivity contribution in [1.82, 2.24) is 0 Å². The minimum Gasteiger partial charge on any atom is -0.550 e. The van der Waals surface area contributed by atoms with Crippen LogP contribution < -0.4 is 5.11 Å². The SMILES string of the molecule is CCCCCc1ccc([S+](c2ccccc2)c2ccccc2)cc1.O=C([O-])C12CC3CC(CC(C3)C1)C2. The number of benzene rings is 3. The van der Waals surface area contributed by atoms with Crippen molar-refractivity contribution in [3.05, 3.63) is 90.5 Å². The molecular weight excluding hydrogens is 472 g/mol. The van der Waals surface area contributed by atoms with Crippen molar-refractivity contribution in [1.29, 1.82) is 0 Å². The summed E-state index contributed by atoms with van der Waals surface area (Å²) in [4.78, 5) is 15.3. The molecule has 2 nitrogen and oxygen atoms in total. The Morgan fingerprint density at radius 3 is 1.62 bits per heavy atom. The number of rotatable bonds is 8. The van der Waals surface area contributed by atoms with Gasteiger partial charge in [0, 0.05) is 11.4 Å². The van der Waals surface area contributed by atoms with Crippen molar-refractivity contribution < 1.29 is 9.90 Å². The molecule has 4 aliphatic rings. The number of carbonyl (C=O) groups is 1.